The summed E-state index contributed by atoms with van der Waals surface area (Å²) in [7, 11) is 0. The van der Waals surface area contributed by atoms with Crippen molar-refractivity contribution >= 4 is 21.8 Å². The van der Waals surface area contributed by atoms with Crippen LogP contribution < -0.4 is 20.5 Å². The molecular weight excluding hydrogens is 403 g/mol. The Hall–Kier alpha value is -2.12. The van der Waals surface area contributed by atoms with Gasteiger partial charge in [-0.05, 0) is 65.1 Å². The van der Waals surface area contributed by atoms with Gasteiger partial charge in [-0.15, -0.1) is 0 Å². The summed E-state index contributed by atoms with van der Waals surface area (Å²) in [6.07, 6.45) is 0.603. The number of hydrogen-bond acceptors (Lipinski definition) is 4. The van der Waals surface area contributed by atoms with E-state index in [0.717, 1.165) is 5.56 Å². The van der Waals surface area contributed by atoms with E-state index in [2.05, 4.69) is 21.2 Å². The van der Waals surface area contributed by atoms with E-state index in [9.17, 15) is 9.18 Å². The second kappa shape index (κ2) is 10.1. The highest BCUT2D eigenvalue weighted by molar-refractivity contribution is 9.10. The van der Waals surface area contributed by atoms with Gasteiger partial charge in [-0.3, -0.25) is 4.79 Å². The predicted molar refractivity (Wildman–Crippen MR) is 102 cm³/mol. The lowest BCUT2D eigenvalue weighted by Crippen LogP contribution is -2.20. The Morgan fingerprint density at radius 1 is 1.27 bits per heavy atom. The van der Waals surface area contributed by atoms with Crippen LogP contribution in [0.25, 0.3) is 0 Å². The van der Waals surface area contributed by atoms with E-state index in [1.807, 2.05) is 25.1 Å². The molecule has 0 heterocycles. The average molecular weight is 425 g/mol. The van der Waals surface area contributed by atoms with E-state index in [0.29, 0.717) is 47.7 Å². The van der Waals surface area contributed by atoms with E-state index in [1.54, 1.807) is 12.1 Å². The van der Waals surface area contributed by atoms with Crippen LogP contribution in [0, 0.1) is 5.82 Å². The summed E-state index contributed by atoms with van der Waals surface area (Å²) in [6.45, 7) is 3.33. The molecule has 3 N–H and O–H groups in total. The average Bonchev–Trinajstić information content (AvgIpc) is 2.59. The summed E-state index contributed by atoms with van der Waals surface area (Å²) in [5.41, 5.74) is 6.79. The molecule has 0 aromatic heterocycles. The van der Waals surface area contributed by atoms with Crippen molar-refractivity contribution in [3.8, 4) is 11.5 Å². The summed E-state index contributed by atoms with van der Waals surface area (Å²) in [5.74, 6) is 0.236. The van der Waals surface area contributed by atoms with Gasteiger partial charge < -0.3 is 20.5 Å². The summed E-state index contributed by atoms with van der Waals surface area (Å²) < 4.78 is 25.3. The molecule has 2 aromatic rings. The fourth-order valence-corrected chi connectivity index (χ4v) is 3.03. The Balaban J connectivity index is 1.98. The van der Waals surface area contributed by atoms with Crippen molar-refractivity contribution in [3.05, 3.63) is 57.8 Å². The maximum Gasteiger partial charge on any atom is 0.255 e. The Labute approximate surface area is 160 Å². The van der Waals surface area contributed by atoms with Gasteiger partial charge in [0.25, 0.3) is 5.91 Å². The zero-order valence-corrected chi connectivity index (χ0v) is 16.1. The summed E-state index contributed by atoms with van der Waals surface area (Å²) >= 11 is 3.44. The fraction of sp³-hybridized carbons (Fsp3) is 0.316. The first-order chi connectivity index (χ1) is 12.5. The van der Waals surface area contributed by atoms with Gasteiger partial charge in [0.2, 0.25) is 0 Å². The highest BCUT2D eigenvalue weighted by Crippen LogP contribution is 2.36. The summed E-state index contributed by atoms with van der Waals surface area (Å²) in [4.78, 5) is 10.9. The molecule has 0 unspecified atom stereocenters. The largest absolute Gasteiger partial charge is 0.490 e. The van der Waals surface area contributed by atoms with Crippen molar-refractivity contribution in [1.82, 2.24) is 5.32 Å². The number of halogens is 2. The zero-order chi connectivity index (χ0) is 18.9. The van der Waals surface area contributed by atoms with Crippen molar-refractivity contribution in [1.29, 1.82) is 0 Å². The number of hydrogen-bond donors (Lipinski definition) is 2. The molecule has 0 saturated carbocycles. The molecule has 7 heteroatoms. The monoisotopic (exact) mass is 424 g/mol. The van der Waals surface area contributed by atoms with Crippen molar-refractivity contribution in [3.63, 3.8) is 0 Å². The zero-order valence-electron chi connectivity index (χ0n) is 14.6. The number of nitrogens with two attached hydrogens (primary N) is 1. The summed E-state index contributed by atoms with van der Waals surface area (Å²) in [5, 5.41) is 3.29. The first-order valence-electron chi connectivity index (χ1n) is 8.31. The van der Waals surface area contributed by atoms with Gasteiger partial charge in [-0.2, -0.15) is 0 Å². The third kappa shape index (κ3) is 6.00. The predicted octanol–water partition coefficient (Wildman–Crippen LogP) is 3.18. The van der Waals surface area contributed by atoms with Crippen molar-refractivity contribution < 1.29 is 18.7 Å². The van der Waals surface area contributed by atoms with Gasteiger partial charge in [-0.1, -0.05) is 18.2 Å². The van der Waals surface area contributed by atoms with Crippen LogP contribution in [0.2, 0.25) is 0 Å². The van der Waals surface area contributed by atoms with Crippen molar-refractivity contribution in [2.45, 2.75) is 19.9 Å². The molecule has 0 fully saturated rings. The highest BCUT2D eigenvalue weighted by Gasteiger charge is 2.13. The van der Waals surface area contributed by atoms with E-state index in [1.165, 1.54) is 6.07 Å². The number of amides is 1. The highest BCUT2D eigenvalue weighted by atomic mass is 79.9. The molecular formula is C19H22BrFN2O3. The maximum absolute atomic E-state index is 13.6. The third-order valence-corrected chi connectivity index (χ3v) is 4.18. The van der Waals surface area contributed by atoms with Crippen LogP contribution in [-0.2, 0) is 17.8 Å². The van der Waals surface area contributed by atoms with Crippen molar-refractivity contribution in [2.75, 3.05) is 19.8 Å². The molecule has 26 heavy (non-hydrogen) atoms. The molecule has 5 nitrogen and oxygen atoms in total. The molecule has 140 valence electrons. The number of rotatable bonds is 10. The van der Waals surface area contributed by atoms with Crippen LogP contribution in [0.5, 0.6) is 11.5 Å². The quantitative estimate of drug-likeness (QED) is 0.574. The minimum atomic E-state index is -0.557. The van der Waals surface area contributed by atoms with Gasteiger partial charge in [-0.25, -0.2) is 4.39 Å². The lowest BCUT2D eigenvalue weighted by molar-refractivity contribution is -0.119. The molecule has 0 saturated heterocycles. The number of primary amides is 1. The van der Waals surface area contributed by atoms with E-state index in [4.69, 9.17) is 15.2 Å². The minimum Gasteiger partial charge on any atom is -0.490 e. The fourth-order valence-electron chi connectivity index (χ4n) is 2.43. The van der Waals surface area contributed by atoms with Crippen LogP contribution in [0.4, 0.5) is 4.39 Å². The van der Waals surface area contributed by atoms with Gasteiger partial charge >= 0.3 is 0 Å². The molecule has 0 aliphatic heterocycles. The standard InChI is InChI=1S/C19H22BrFN2O3/c1-2-25-17-10-13(9-15(20)19(17)26-12-18(22)24)11-23-8-7-14-5-3-4-6-16(14)21/h3-6,9-10,23H,2,7-8,11-12H2,1H3,(H2,22,24). The molecule has 0 radical (unpaired) electrons. The molecule has 0 aliphatic rings. The molecule has 2 rings (SSSR count). The SMILES string of the molecule is CCOc1cc(CNCCc2ccccc2F)cc(Br)c1OCC(N)=O. The smallest absolute Gasteiger partial charge is 0.255 e. The molecule has 0 atom stereocenters. The molecule has 1 amide bonds. The topological polar surface area (TPSA) is 73.6 Å². The second-order valence-corrected chi connectivity index (χ2v) is 6.47. The van der Waals surface area contributed by atoms with E-state index in [-0.39, 0.29) is 12.4 Å². The second-order valence-electron chi connectivity index (χ2n) is 5.61. The lowest BCUT2D eigenvalue weighted by atomic mass is 10.1. The Morgan fingerprint density at radius 3 is 2.73 bits per heavy atom. The van der Waals surface area contributed by atoms with E-state index >= 15 is 0 Å². The van der Waals surface area contributed by atoms with Crippen LogP contribution in [-0.4, -0.2) is 25.7 Å². The molecule has 0 bridgehead atoms. The van der Waals surface area contributed by atoms with Crippen LogP contribution in [0.15, 0.2) is 40.9 Å². The normalized spacial score (nSPS) is 10.6. The number of carbonyl (C=O) groups is 1. The molecule has 2 aromatic carbocycles. The van der Waals surface area contributed by atoms with E-state index < -0.39 is 5.91 Å². The minimum absolute atomic E-state index is 0.188. The molecule has 0 aliphatic carbocycles. The van der Waals surface area contributed by atoms with Gasteiger partial charge in [0.15, 0.2) is 18.1 Å². The number of ether oxygens (including phenoxy) is 2. The third-order valence-electron chi connectivity index (χ3n) is 3.59. The van der Waals surface area contributed by atoms with Crippen molar-refractivity contribution in [2.24, 2.45) is 5.73 Å². The number of carbonyl (C=O) groups excluding carboxylic acids is 1. The number of nitrogens with one attached hydrogen (secondary N) is 1. The Kier molecular flexibility index (Phi) is 7.87. The van der Waals surface area contributed by atoms with Gasteiger partial charge in [0.1, 0.15) is 5.82 Å². The first-order valence-corrected chi connectivity index (χ1v) is 9.11. The molecule has 0 spiro atoms. The summed E-state index contributed by atoms with van der Waals surface area (Å²) in [6, 6.07) is 10.5. The lowest BCUT2D eigenvalue weighted by Gasteiger charge is -2.15. The number of benzene rings is 2. The van der Waals surface area contributed by atoms with Crippen LogP contribution in [0.1, 0.15) is 18.1 Å². The first kappa shape index (κ1) is 20.2. The Morgan fingerprint density at radius 2 is 2.04 bits per heavy atom. The van der Waals surface area contributed by atoms with Crippen LogP contribution >= 0.6 is 15.9 Å². The van der Waals surface area contributed by atoms with Gasteiger partial charge in [0.05, 0.1) is 11.1 Å². The van der Waals surface area contributed by atoms with Crippen LogP contribution in [0.3, 0.4) is 0 Å². The van der Waals surface area contributed by atoms with Gasteiger partial charge in [0, 0.05) is 6.54 Å². The Bertz CT molecular complexity index is 756. The maximum atomic E-state index is 13.6.